The van der Waals surface area contributed by atoms with Crippen LogP contribution in [0, 0.1) is 35.0 Å². The topological polar surface area (TPSA) is 33.1 Å². The van der Waals surface area contributed by atoms with Crippen LogP contribution < -0.4 is 0 Å². The Hall–Kier alpha value is -0.530. The van der Waals surface area contributed by atoms with Gasteiger partial charge in [0.15, 0.2) is 5.90 Å². The van der Waals surface area contributed by atoms with Crippen LogP contribution in [-0.2, 0) is 4.74 Å². The van der Waals surface area contributed by atoms with Crippen molar-refractivity contribution in [3.63, 3.8) is 0 Å². The molecule has 0 saturated heterocycles. The molecular formula is C22H39NO. The zero-order valence-electron chi connectivity index (χ0n) is 16.1. The first kappa shape index (κ1) is 18.3. The van der Waals surface area contributed by atoms with E-state index in [4.69, 9.17) is 10.1 Å². The van der Waals surface area contributed by atoms with Crippen LogP contribution in [-0.4, -0.2) is 12.0 Å². The number of ether oxygens (including phenoxy) is 1. The highest BCUT2D eigenvalue weighted by Gasteiger charge is 2.32. The van der Waals surface area contributed by atoms with E-state index in [1.165, 1.54) is 83.5 Å². The van der Waals surface area contributed by atoms with Gasteiger partial charge in [0.1, 0.15) is 6.10 Å². The Kier molecular flexibility index (Phi) is 6.63. The molecular weight excluding hydrogens is 294 g/mol. The summed E-state index contributed by atoms with van der Waals surface area (Å²) in [5.74, 6) is 4.61. The average Bonchev–Trinajstić information content (AvgIpc) is 2.63. The molecule has 0 bridgehead atoms. The zero-order chi connectivity index (χ0) is 16.9. The molecule has 0 heterocycles. The largest absolute Gasteiger partial charge is 0.478 e. The van der Waals surface area contributed by atoms with Crippen LogP contribution in [0.1, 0.15) is 97.3 Å². The first-order valence-electron chi connectivity index (χ1n) is 10.9. The van der Waals surface area contributed by atoms with Gasteiger partial charge in [0.25, 0.3) is 0 Å². The first-order valence-corrected chi connectivity index (χ1v) is 10.9. The molecule has 1 unspecified atom stereocenters. The molecule has 0 aromatic rings. The quantitative estimate of drug-likeness (QED) is 0.457. The summed E-state index contributed by atoms with van der Waals surface area (Å²) in [6, 6.07) is 0. The van der Waals surface area contributed by atoms with Gasteiger partial charge in [0, 0.05) is 5.92 Å². The molecule has 0 aliphatic heterocycles. The highest BCUT2D eigenvalue weighted by molar-refractivity contribution is 5.75. The van der Waals surface area contributed by atoms with E-state index in [1.54, 1.807) is 0 Å². The second-order valence-electron chi connectivity index (χ2n) is 9.22. The third-order valence-corrected chi connectivity index (χ3v) is 7.50. The molecule has 2 heteroatoms. The van der Waals surface area contributed by atoms with Crippen LogP contribution >= 0.6 is 0 Å². The van der Waals surface area contributed by atoms with E-state index in [1.807, 2.05) is 0 Å². The van der Waals surface area contributed by atoms with Crippen LogP contribution in [0.25, 0.3) is 0 Å². The third kappa shape index (κ3) is 4.76. The standard InChI is InChI=1S/C22H39NO/c1-16-8-10-19(11-9-16)20-12-14-21(15-13-20)22(23)24-17(2)18-6-4-3-5-7-18/h16-21,23H,3-15H2,1-2H3. The Bertz CT molecular complexity index is 385. The molecule has 0 spiro atoms. The Balaban J connectivity index is 1.40. The van der Waals surface area contributed by atoms with Gasteiger partial charge in [-0.2, -0.15) is 0 Å². The highest BCUT2D eigenvalue weighted by Crippen LogP contribution is 2.41. The monoisotopic (exact) mass is 333 g/mol. The number of hydrogen-bond acceptors (Lipinski definition) is 2. The average molecular weight is 334 g/mol. The molecule has 3 aliphatic carbocycles. The summed E-state index contributed by atoms with van der Waals surface area (Å²) in [6.45, 7) is 4.62. The lowest BCUT2D eigenvalue weighted by Gasteiger charge is -2.37. The Morgan fingerprint density at radius 1 is 0.792 bits per heavy atom. The minimum Gasteiger partial charge on any atom is -0.478 e. The second kappa shape index (κ2) is 8.72. The summed E-state index contributed by atoms with van der Waals surface area (Å²) >= 11 is 0. The van der Waals surface area contributed by atoms with E-state index in [9.17, 15) is 0 Å². The maximum atomic E-state index is 8.45. The van der Waals surface area contributed by atoms with Crippen molar-refractivity contribution in [2.45, 2.75) is 103 Å². The van der Waals surface area contributed by atoms with Crippen LogP contribution in [0.5, 0.6) is 0 Å². The summed E-state index contributed by atoms with van der Waals surface area (Å²) in [6.07, 6.45) is 17.9. The van der Waals surface area contributed by atoms with Crippen LogP contribution in [0.3, 0.4) is 0 Å². The Labute approximate surface area is 149 Å². The smallest absolute Gasteiger partial charge is 0.183 e. The van der Waals surface area contributed by atoms with Crippen LogP contribution in [0.4, 0.5) is 0 Å². The molecule has 24 heavy (non-hydrogen) atoms. The molecule has 3 aliphatic rings. The molecule has 0 aromatic carbocycles. The summed E-state index contributed by atoms with van der Waals surface area (Å²) < 4.78 is 6.11. The highest BCUT2D eigenvalue weighted by atomic mass is 16.5. The molecule has 1 atom stereocenters. The van der Waals surface area contributed by atoms with Gasteiger partial charge in [-0.25, -0.2) is 0 Å². The van der Waals surface area contributed by atoms with Crippen molar-refractivity contribution in [3.8, 4) is 0 Å². The first-order chi connectivity index (χ1) is 11.6. The zero-order valence-corrected chi connectivity index (χ0v) is 16.1. The van der Waals surface area contributed by atoms with E-state index < -0.39 is 0 Å². The van der Waals surface area contributed by atoms with Gasteiger partial charge in [-0.1, -0.05) is 39.0 Å². The van der Waals surface area contributed by atoms with Gasteiger partial charge in [0.2, 0.25) is 0 Å². The van der Waals surface area contributed by atoms with Gasteiger partial charge in [-0.3, -0.25) is 5.41 Å². The molecule has 138 valence electrons. The van der Waals surface area contributed by atoms with E-state index in [2.05, 4.69) is 13.8 Å². The van der Waals surface area contributed by atoms with Crippen molar-refractivity contribution in [1.29, 1.82) is 5.41 Å². The maximum absolute atomic E-state index is 8.45. The summed E-state index contributed by atoms with van der Waals surface area (Å²) in [5.41, 5.74) is 0. The molecule has 3 rings (SSSR count). The van der Waals surface area contributed by atoms with E-state index in [-0.39, 0.29) is 6.10 Å². The molecule has 3 fully saturated rings. The number of rotatable bonds is 4. The second-order valence-corrected chi connectivity index (χ2v) is 9.22. The van der Waals surface area contributed by atoms with Gasteiger partial charge in [-0.05, 0) is 82.0 Å². The predicted octanol–water partition coefficient (Wildman–Crippen LogP) is 6.58. The van der Waals surface area contributed by atoms with Crippen LogP contribution in [0.2, 0.25) is 0 Å². The van der Waals surface area contributed by atoms with E-state index in [0.717, 1.165) is 17.8 Å². The van der Waals surface area contributed by atoms with E-state index in [0.29, 0.717) is 17.7 Å². The fraction of sp³-hybridized carbons (Fsp3) is 0.955. The maximum Gasteiger partial charge on any atom is 0.183 e. The Morgan fingerprint density at radius 2 is 1.33 bits per heavy atom. The number of nitrogens with one attached hydrogen (secondary N) is 1. The normalized spacial score (nSPS) is 36.9. The van der Waals surface area contributed by atoms with Crippen molar-refractivity contribution in [2.24, 2.45) is 29.6 Å². The molecule has 2 nitrogen and oxygen atoms in total. The van der Waals surface area contributed by atoms with Crippen molar-refractivity contribution in [3.05, 3.63) is 0 Å². The minimum atomic E-state index is 0.260. The van der Waals surface area contributed by atoms with Crippen molar-refractivity contribution in [2.75, 3.05) is 0 Å². The lowest BCUT2D eigenvalue weighted by molar-refractivity contribution is 0.0936. The minimum absolute atomic E-state index is 0.260. The molecule has 0 aromatic heterocycles. The SMILES string of the molecule is CC1CCC(C2CCC(C(=N)OC(C)C3CCCCC3)CC2)CC1. The summed E-state index contributed by atoms with van der Waals surface area (Å²) in [4.78, 5) is 0. The fourth-order valence-corrected chi connectivity index (χ4v) is 5.61. The molecule has 3 saturated carbocycles. The van der Waals surface area contributed by atoms with Gasteiger partial charge in [0.05, 0.1) is 0 Å². The molecule has 1 N–H and O–H groups in total. The van der Waals surface area contributed by atoms with Gasteiger partial charge < -0.3 is 4.74 Å². The van der Waals surface area contributed by atoms with Crippen molar-refractivity contribution < 1.29 is 4.74 Å². The van der Waals surface area contributed by atoms with Gasteiger partial charge in [-0.15, -0.1) is 0 Å². The lowest BCUT2D eigenvalue weighted by atomic mass is 9.69. The van der Waals surface area contributed by atoms with Crippen molar-refractivity contribution in [1.82, 2.24) is 0 Å². The summed E-state index contributed by atoms with van der Waals surface area (Å²) in [5, 5.41) is 8.45. The fourth-order valence-electron chi connectivity index (χ4n) is 5.61. The number of hydrogen-bond donors (Lipinski definition) is 1. The van der Waals surface area contributed by atoms with Crippen LogP contribution in [0.15, 0.2) is 0 Å². The lowest BCUT2D eigenvalue weighted by Crippen LogP contribution is -2.32. The van der Waals surface area contributed by atoms with Gasteiger partial charge >= 0.3 is 0 Å². The van der Waals surface area contributed by atoms with E-state index >= 15 is 0 Å². The predicted molar refractivity (Wildman–Crippen MR) is 101 cm³/mol. The third-order valence-electron chi connectivity index (χ3n) is 7.50. The molecule has 0 amide bonds. The summed E-state index contributed by atoms with van der Waals surface area (Å²) in [7, 11) is 0. The van der Waals surface area contributed by atoms with Crippen molar-refractivity contribution >= 4 is 5.90 Å². The molecule has 0 radical (unpaired) electrons. The Morgan fingerprint density at radius 3 is 1.92 bits per heavy atom.